The second-order valence-corrected chi connectivity index (χ2v) is 6.93. The van der Waals surface area contributed by atoms with Gasteiger partial charge in [-0.3, -0.25) is 4.79 Å². The molecule has 1 aliphatic rings. The van der Waals surface area contributed by atoms with Gasteiger partial charge in [-0.05, 0) is 42.5 Å². The molecule has 136 valence electrons. The molecule has 5 heteroatoms. The summed E-state index contributed by atoms with van der Waals surface area (Å²) in [6.45, 7) is 5.64. The maximum Gasteiger partial charge on any atom is 0.258 e. The third kappa shape index (κ3) is 3.53. The number of nitrogens with zero attached hydrogens (tertiary/aromatic N) is 3. The van der Waals surface area contributed by atoms with Crippen molar-refractivity contribution in [3.05, 3.63) is 82.7 Å². The van der Waals surface area contributed by atoms with Gasteiger partial charge in [0.2, 0.25) is 5.95 Å². The first-order chi connectivity index (χ1) is 13.1. The summed E-state index contributed by atoms with van der Waals surface area (Å²) < 4.78 is 0. The van der Waals surface area contributed by atoms with Crippen LogP contribution in [-0.4, -0.2) is 22.4 Å². The zero-order valence-corrected chi connectivity index (χ0v) is 15.6. The molecule has 0 saturated heterocycles. The van der Waals surface area contributed by atoms with Crippen LogP contribution in [0.1, 0.15) is 32.6 Å². The number of hydrogen-bond donors (Lipinski definition) is 1. The molecule has 4 rings (SSSR count). The Morgan fingerprint density at radius 1 is 0.963 bits per heavy atom. The van der Waals surface area contributed by atoms with E-state index in [1.54, 1.807) is 12.4 Å². The molecule has 3 aromatic rings. The number of aromatic nitrogens is 2. The van der Waals surface area contributed by atoms with E-state index < -0.39 is 0 Å². The van der Waals surface area contributed by atoms with Crippen molar-refractivity contribution in [1.82, 2.24) is 9.97 Å². The van der Waals surface area contributed by atoms with Crippen LogP contribution in [0.4, 0.5) is 11.6 Å². The van der Waals surface area contributed by atoms with Gasteiger partial charge in [0.25, 0.3) is 5.91 Å². The van der Waals surface area contributed by atoms with Gasteiger partial charge >= 0.3 is 0 Å². The summed E-state index contributed by atoms with van der Waals surface area (Å²) in [5, 5.41) is 2.97. The number of rotatable bonds is 3. The van der Waals surface area contributed by atoms with Crippen molar-refractivity contribution in [2.45, 2.75) is 26.8 Å². The normalized spacial score (nSPS) is 13.2. The monoisotopic (exact) mass is 358 g/mol. The third-order valence-electron chi connectivity index (χ3n) is 5.03. The van der Waals surface area contributed by atoms with E-state index in [9.17, 15) is 4.79 Å². The minimum absolute atomic E-state index is 0.192. The Hall–Kier alpha value is -3.21. The summed E-state index contributed by atoms with van der Waals surface area (Å²) >= 11 is 0. The van der Waals surface area contributed by atoms with Gasteiger partial charge in [0, 0.05) is 31.2 Å². The molecule has 0 fully saturated rings. The van der Waals surface area contributed by atoms with Crippen molar-refractivity contribution in [3.63, 3.8) is 0 Å². The lowest BCUT2D eigenvalue weighted by Crippen LogP contribution is -2.31. The summed E-state index contributed by atoms with van der Waals surface area (Å²) in [5.41, 5.74) is 6.07. The van der Waals surface area contributed by atoms with Gasteiger partial charge in [0.15, 0.2) is 0 Å². The molecule has 0 unspecified atom stereocenters. The van der Waals surface area contributed by atoms with E-state index in [0.29, 0.717) is 11.5 Å². The van der Waals surface area contributed by atoms with Crippen molar-refractivity contribution in [2.75, 3.05) is 16.8 Å². The number of benzene rings is 2. The van der Waals surface area contributed by atoms with Crippen molar-refractivity contribution in [2.24, 2.45) is 0 Å². The Labute approximate surface area is 159 Å². The van der Waals surface area contributed by atoms with E-state index in [2.05, 4.69) is 44.5 Å². The second kappa shape index (κ2) is 7.19. The van der Waals surface area contributed by atoms with E-state index in [1.165, 1.54) is 11.1 Å². The predicted octanol–water partition coefficient (Wildman–Crippen LogP) is 3.91. The molecule has 1 aromatic heterocycles. The molecule has 0 saturated carbocycles. The molecule has 27 heavy (non-hydrogen) atoms. The van der Waals surface area contributed by atoms with Gasteiger partial charge in [-0.1, -0.05) is 42.5 Å². The minimum atomic E-state index is -0.192. The molecule has 0 aliphatic carbocycles. The summed E-state index contributed by atoms with van der Waals surface area (Å²) in [4.78, 5) is 23.6. The summed E-state index contributed by atoms with van der Waals surface area (Å²) in [5.74, 6) is 0.469. The van der Waals surface area contributed by atoms with Crippen LogP contribution in [0.3, 0.4) is 0 Å². The number of nitrogens with one attached hydrogen (secondary N) is 1. The van der Waals surface area contributed by atoms with Crippen LogP contribution in [0.5, 0.6) is 0 Å². The number of hydrogen-bond acceptors (Lipinski definition) is 4. The highest BCUT2D eigenvalue weighted by atomic mass is 16.1. The largest absolute Gasteiger partial charge is 0.336 e. The maximum absolute atomic E-state index is 12.6. The van der Waals surface area contributed by atoms with Crippen molar-refractivity contribution in [1.29, 1.82) is 0 Å². The standard InChI is InChI=1S/C22H22N4O/c1-15-6-5-7-16(2)20(15)25-21(27)19-12-23-22(24-13-19)26-11-10-17-8-3-4-9-18(17)14-26/h3-9,12-13H,10-11,14H2,1-2H3,(H,25,27). The minimum Gasteiger partial charge on any atom is -0.336 e. The molecule has 2 heterocycles. The fourth-order valence-electron chi connectivity index (χ4n) is 3.47. The number of amides is 1. The highest BCUT2D eigenvalue weighted by Gasteiger charge is 2.18. The predicted molar refractivity (Wildman–Crippen MR) is 107 cm³/mol. The molecule has 0 atom stereocenters. The van der Waals surface area contributed by atoms with Crippen LogP contribution in [0.2, 0.25) is 0 Å². The first kappa shape index (κ1) is 17.2. The molecule has 5 nitrogen and oxygen atoms in total. The van der Waals surface area contributed by atoms with Crippen LogP contribution >= 0.6 is 0 Å². The Balaban J connectivity index is 1.49. The Morgan fingerprint density at radius 2 is 1.63 bits per heavy atom. The average molecular weight is 358 g/mol. The molecule has 2 aromatic carbocycles. The summed E-state index contributed by atoms with van der Waals surface area (Å²) in [7, 11) is 0. The Morgan fingerprint density at radius 3 is 2.33 bits per heavy atom. The van der Waals surface area contributed by atoms with Gasteiger partial charge in [0.05, 0.1) is 5.56 Å². The molecule has 0 spiro atoms. The maximum atomic E-state index is 12.6. The Kier molecular flexibility index (Phi) is 4.59. The number of fused-ring (bicyclic) bond motifs is 1. The number of carbonyl (C=O) groups is 1. The Bertz CT molecular complexity index is 962. The van der Waals surface area contributed by atoms with Gasteiger partial charge in [-0.2, -0.15) is 0 Å². The van der Waals surface area contributed by atoms with E-state index in [1.807, 2.05) is 32.0 Å². The quantitative estimate of drug-likeness (QED) is 0.771. The molecule has 0 radical (unpaired) electrons. The molecule has 1 N–H and O–H groups in total. The fraction of sp³-hybridized carbons (Fsp3) is 0.227. The highest BCUT2D eigenvalue weighted by Crippen LogP contribution is 2.22. The molecule has 0 bridgehead atoms. The lowest BCUT2D eigenvalue weighted by atomic mass is 10.0. The van der Waals surface area contributed by atoms with Crippen molar-refractivity contribution in [3.8, 4) is 0 Å². The lowest BCUT2D eigenvalue weighted by Gasteiger charge is -2.28. The van der Waals surface area contributed by atoms with Crippen LogP contribution in [0, 0.1) is 13.8 Å². The second-order valence-electron chi connectivity index (χ2n) is 6.93. The first-order valence-electron chi connectivity index (χ1n) is 9.13. The number of carbonyl (C=O) groups excluding carboxylic acids is 1. The summed E-state index contributed by atoms with van der Waals surface area (Å²) in [6.07, 6.45) is 4.19. The van der Waals surface area contributed by atoms with Crippen LogP contribution in [0.15, 0.2) is 54.9 Å². The smallest absolute Gasteiger partial charge is 0.258 e. The van der Waals surface area contributed by atoms with Crippen LogP contribution < -0.4 is 10.2 Å². The average Bonchev–Trinajstić information content (AvgIpc) is 2.70. The van der Waals surface area contributed by atoms with E-state index in [-0.39, 0.29) is 5.91 Å². The molecule has 1 aliphatic heterocycles. The number of para-hydroxylation sites is 1. The van der Waals surface area contributed by atoms with Gasteiger partial charge < -0.3 is 10.2 Å². The summed E-state index contributed by atoms with van der Waals surface area (Å²) in [6, 6.07) is 14.4. The first-order valence-corrected chi connectivity index (χ1v) is 9.13. The molecular formula is C22H22N4O. The van der Waals surface area contributed by atoms with Crippen LogP contribution in [-0.2, 0) is 13.0 Å². The zero-order chi connectivity index (χ0) is 18.8. The van der Waals surface area contributed by atoms with Crippen molar-refractivity contribution >= 4 is 17.5 Å². The van der Waals surface area contributed by atoms with Gasteiger partial charge in [-0.15, -0.1) is 0 Å². The fourth-order valence-corrected chi connectivity index (χ4v) is 3.47. The van der Waals surface area contributed by atoms with E-state index in [4.69, 9.17) is 0 Å². The SMILES string of the molecule is Cc1cccc(C)c1NC(=O)c1cnc(N2CCc3ccccc3C2)nc1. The molecule has 1 amide bonds. The lowest BCUT2D eigenvalue weighted by molar-refractivity contribution is 0.102. The zero-order valence-electron chi connectivity index (χ0n) is 15.6. The van der Waals surface area contributed by atoms with Gasteiger partial charge in [-0.25, -0.2) is 9.97 Å². The van der Waals surface area contributed by atoms with E-state index in [0.717, 1.165) is 36.3 Å². The van der Waals surface area contributed by atoms with Gasteiger partial charge in [0.1, 0.15) is 0 Å². The van der Waals surface area contributed by atoms with E-state index >= 15 is 0 Å². The number of aryl methyl sites for hydroxylation is 2. The van der Waals surface area contributed by atoms with Crippen LogP contribution in [0.25, 0.3) is 0 Å². The number of anilines is 2. The topological polar surface area (TPSA) is 58.1 Å². The molecular weight excluding hydrogens is 336 g/mol. The third-order valence-corrected chi connectivity index (χ3v) is 5.03. The van der Waals surface area contributed by atoms with Crippen molar-refractivity contribution < 1.29 is 4.79 Å². The highest BCUT2D eigenvalue weighted by molar-refractivity contribution is 6.04.